The van der Waals surface area contributed by atoms with E-state index < -0.39 is 0 Å². The molecule has 0 aliphatic carbocycles. The maximum absolute atomic E-state index is 12.2. The lowest BCUT2D eigenvalue weighted by atomic mass is 10.3. The predicted octanol–water partition coefficient (Wildman–Crippen LogP) is 3.52. The van der Waals surface area contributed by atoms with E-state index in [4.69, 9.17) is 4.74 Å². The molecule has 0 aliphatic heterocycles. The standard InChI is InChI=1S/C16H18N2O2S/c1-11-5-4-10-17-15(11)18-16(19)12(2)21-14-8-6-13(20-3)7-9-14/h4-10,12H,1-3H3,(H,17,18,19). The van der Waals surface area contributed by atoms with E-state index >= 15 is 0 Å². The van der Waals surface area contributed by atoms with E-state index in [1.54, 1.807) is 13.3 Å². The summed E-state index contributed by atoms with van der Waals surface area (Å²) in [5.74, 6) is 1.36. The molecule has 110 valence electrons. The van der Waals surface area contributed by atoms with Crippen LogP contribution >= 0.6 is 11.8 Å². The van der Waals surface area contributed by atoms with Gasteiger partial charge in [0.25, 0.3) is 0 Å². The number of nitrogens with zero attached hydrogens (tertiary/aromatic N) is 1. The molecule has 1 amide bonds. The van der Waals surface area contributed by atoms with Gasteiger partial charge in [-0.05, 0) is 49.7 Å². The highest BCUT2D eigenvalue weighted by Gasteiger charge is 2.15. The van der Waals surface area contributed by atoms with Crippen molar-refractivity contribution in [3.05, 3.63) is 48.2 Å². The van der Waals surface area contributed by atoms with Crippen LogP contribution in [0.25, 0.3) is 0 Å². The molecule has 1 N–H and O–H groups in total. The Kier molecular flexibility index (Phi) is 5.22. The third-order valence-corrected chi connectivity index (χ3v) is 4.10. The summed E-state index contributed by atoms with van der Waals surface area (Å²) in [4.78, 5) is 17.4. The summed E-state index contributed by atoms with van der Waals surface area (Å²) in [5.41, 5.74) is 0.951. The predicted molar refractivity (Wildman–Crippen MR) is 85.9 cm³/mol. The number of thioether (sulfide) groups is 1. The van der Waals surface area contributed by atoms with E-state index in [-0.39, 0.29) is 11.2 Å². The molecule has 0 spiro atoms. The first-order valence-electron chi connectivity index (χ1n) is 6.63. The summed E-state index contributed by atoms with van der Waals surface area (Å²) in [6, 6.07) is 11.4. The number of anilines is 1. The topological polar surface area (TPSA) is 51.2 Å². The van der Waals surface area contributed by atoms with Gasteiger partial charge in [0.1, 0.15) is 11.6 Å². The van der Waals surface area contributed by atoms with Crippen LogP contribution in [-0.2, 0) is 4.79 Å². The first-order valence-corrected chi connectivity index (χ1v) is 7.51. The van der Waals surface area contributed by atoms with Crippen LogP contribution in [-0.4, -0.2) is 23.3 Å². The second-order valence-corrected chi connectivity index (χ2v) is 6.01. The zero-order chi connectivity index (χ0) is 15.2. The van der Waals surface area contributed by atoms with Gasteiger partial charge in [-0.3, -0.25) is 4.79 Å². The van der Waals surface area contributed by atoms with Gasteiger partial charge in [-0.2, -0.15) is 0 Å². The van der Waals surface area contributed by atoms with Crippen molar-refractivity contribution in [2.45, 2.75) is 24.0 Å². The van der Waals surface area contributed by atoms with Gasteiger partial charge in [-0.1, -0.05) is 6.07 Å². The van der Waals surface area contributed by atoms with Crippen molar-refractivity contribution in [3.63, 3.8) is 0 Å². The Morgan fingerprint density at radius 3 is 2.62 bits per heavy atom. The van der Waals surface area contributed by atoms with Gasteiger partial charge < -0.3 is 10.1 Å². The largest absolute Gasteiger partial charge is 0.497 e. The molecule has 5 heteroatoms. The normalized spacial score (nSPS) is 11.8. The molecule has 0 saturated heterocycles. The maximum atomic E-state index is 12.2. The number of hydrogen-bond donors (Lipinski definition) is 1. The smallest absolute Gasteiger partial charge is 0.238 e. The number of hydrogen-bond acceptors (Lipinski definition) is 4. The van der Waals surface area contributed by atoms with Crippen molar-refractivity contribution in [3.8, 4) is 5.75 Å². The molecule has 1 aromatic carbocycles. The van der Waals surface area contributed by atoms with E-state index in [9.17, 15) is 4.79 Å². The van der Waals surface area contributed by atoms with E-state index in [0.717, 1.165) is 16.2 Å². The number of ether oxygens (including phenoxy) is 1. The highest BCUT2D eigenvalue weighted by molar-refractivity contribution is 8.00. The molecule has 1 heterocycles. The summed E-state index contributed by atoms with van der Waals surface area (Å²) in [7, 11) is 1.63. The summed E-state index contributed by atoms with van der Waals surface area (Å²) in [6.07, 6.45) is 1.67. The van der Waals surface area contributed by atoms with Gasteiger partial charge in [-0.25, -0.2) is 4.98 Å². The fourth-order valence-electron chi connectivity index (χ4n) is 1.75. The van der Waals surface area contributed by atoms with Crippen LogP contribution < -0.4 is 10.1 Å². The summed E-state index contributed by atoms with van der Waals surface area (Å²) < 4.78 is 5.12. The average Bonchev–Trinajstić information content (AvgIpc) is 2.50. The molecule has 21 heavy (non-hydrogen) atoms. The SMILES string of the molecule is COc1ccc(SC(C)C(=O)Nc2ncccc2C)cc1. The fraction of sp³-hybridized carbons (Fsp3) is 0.250. The molecule has 1 aromatic heterocycles. The van der Waals surface area contributed by atoms with Gasteiger partial charge >= 0.3 is 0 Å². The van der Waals surface area contributed by atoms with Gasteiger partial charge in [-0.15, -0.1) is 11.8 Å². The van der Waals surface area contributed by atoms with Gasteiger partial charge in [0.15, 0.2) is 0 Å². The van der Waals surface area contributed by atoms with E-state index in [2.05, 4.69) is 10.3 Å². The lowest BCUT2D eigenvalue weighted by Gasteiger charge is -2.13. The fourth-order valence-corrected chi connectivity index (χ4v) is 2.61. The Bertz CT molecular complexity index is 614. The minimum atomic E-state index is -0.209. The quantitative estimate of drug-likeness (QED) is 0.859. The number of nitrogens with one attached hydrogen (secondary N) is 1. The Morgan fingerprint density at radius 2 is 2.00 bits per heavy atom. The number of methoxy groups -OCH3 is 1. The van der Waals surface area contributed by atoms with Crippen LogP contribution in [0, 0.1) is 6.92 Å². The first-order chi connectivity index (χ1) is 10.1. The summed E-state index contributed by atoms with van der Waals surface area (Å²) >= 11 is 1.50. The van der Waals surface area contributed by atoms with Crippen molar-refractivity contribution in [2.24, 2.45) is 0 Å². The molecule has 2 aromatic rings. The van der Waals surface area contributed by atoms with Crippen molar-refractivity contribution in [1.82, 2.24) is 4.98 Å². The molecule has 0 fully saturated rings. The third-order valence-electron chi connectivity index (χ3n) is 2.99. The molecule has 0 aliphatic rings. The third kappa shape index (κ3) is 4.23. The molecule has 2 rings (SSSR count). The van der Waals surface area contributed by atoms with Crippen molar-refractivity contribution in [2.75, 3.05) is 12.4 Å². The number of rotatable bonds is 5. The second-order valence-electron chi connectivity index (χ2n) is 4.59. The van der Waals surface area contributed by atoms with Crippen LogP contribution in [0.5, 0.6) is 5.75 Å². The number of amides is 1. The summed E-state index contributed by atoms with van der Waals surface area (Å²) in [6.45, 7) is 3.80. The van der Waals surface area contributed by atoms with Crippen LogP contribution in [0.3, 0.4) is 0 Å². The van der Waals surface area contributed by atoms with Crippen LogP contribution in [0.15, 0.2) is 47.5 Å². The van der Waals surface area contributed by atoms with Crippen LogP contribution in [0.4, 0.5) is 5.82 Å². The van der Waals surface area contributed by atoms with Crippen molar-refractivity contribution in [1.29, 1.82) is 0 Å². The zero-order valence-corrected chi connectivity index (χ0v) is 13.1. The molecule has 4 nitrogen and oxygen atoms in total. The average molecular weight is 302 g/mol. The number of carbonyl (C=O) groups excluding carboxylic acids is 1. The van der Waals surface area contributed by atoms with Crippen LogP contribution in [0.2, 0.25) is 0 Å². The lowest BCUT2D eigenvalue weighted by Crippen LogP contribution is -2.23. The number of aryl methyl sites for hydroxylation is 1. The number of pyridine rings is 1. The molecular formula is C16H18N2O2S. The summed E-state index contributed by atoms with van der Waals surface area (Å²) in [5, 5.41) is 2.65. The Balaban J connectivity index is 1.97. The first kappa shape index (κ1) is 15.4. The Hall–Kier alpha value is -2.01. The van der Waals surface area contributed by atoms with Crippen molar-refractivity contribution >= 4 is 23.5 Å². The molecule has 0 radical (unpaired) electrons. The number of aromatic nitrogens is 1. The van der Waals surface area contributed by atoms with Crippen molar-refractivity contribution < 1.29 is 9.53 Å². The molecule has 0 saturated carbocycles. The minimum Gasteiger partial charge on any atom is -0.497 e. The molecule has 0 bridgehead atoms. The molecule has 1 unspecified atom stereocenters. The maximum Gasteiger partial charge on any atom is 0.238 e. The van der Waals surface area contributed by atoms with Gasteiger partial charge in [0, 0.05) is 11.1 Å². The highest BCUT2D eigenvalue weighted by atomic mass is 32.2. The molecular weight excluding hydrogens is 284 g/mol. The zero-order valence-electron chi connectivity index (χ0n) is 12.3. The molecule has 1 atom stereocenters. The minimum absolute atomic E-state index is 0.0578. The Labute approximate surface area is 128 Å². The van der Waals surface area contributed by atoms with E-state index in [1.165, 1.54) is 11.8 Å². The van der Waals surface area contributed by atoms with Crippen LogP contribution in [0.1, 0.15) is 12.5 Å². The number of carbonyl (C=O) groups is 1. The Morgan fingerprint density at radius 1 is 1.29 bits per heavy atom. The van der Waals surface area contributed by atoms with E-state index in [1.807, 2.05) is 50.2 Å². The lowest BCUT2D eigenvalue weighted by molar-refractivity contribution is -0.115. The van der Waals surface area contributed by atoms with Gasteiger partial charge in [0.05, 0.1) is 12.4 Å². The monoisotopic (exact) mass is 302 g/mol. The highest BCUT2D eigenvalue weighted by Crippen LogP contribution is 2.26. The van der Waals surface area contributed by atoms with E-state index in [0.29, 0.717) is 5.82 Å². The number of benzene rings is 1. The van der Waals surface area contributed by atoms with Gasteiger partial charge in [0.2, 0.25) is 5.91 Å². The second kappa shape index (κ2) is 7.13.